The van der Waals surface area contributed by atoms with Gasteiger partial charge >= 0.3 is 0 Å². The predicted octanol–water partition coefficient (Wildman–Crippen LogP) is 15.8. The van der Waals surface area contributed by atoms with Gasteiger partial charge in [-0.25, -0.2) is 0 Å². The molecule has 0 bridgehead atoms. The SMILES string of the molecule is c1ccc(-c2ccccc2-c2ccccc2N(c2ccc3c(c2)C2(c4ccccc4-3)c3ccccc3N(c3ccccc3)c3ccccc32)c2ccc3ccccc3c2)cc1. The fourth-order valence-electron chi connectivity index (χ4n) is 10.3. The Morgan fingerprint density at radius 1 is 0.311 bits per heavy atom. The molecule has 12 rings (SSSR count). The molecule has 0 N–H and O–H groups in total. The Labute approximate surface area is 356 Å². The Hall–Kier alpha value is -7.94. The van der Waals surface area contributed by atoms with Crippen molar-refractivity contribution in [3.8, 4) is 33.4 Å². The van der Waals surface area contributed by atoms with Crippen molar-refractivity contribution >= 4 is 44.9 Å². The molecule has 0 atom stereocenters. The van der Waals surface area contributed by atoms with Crippen LogP contribution in [0.15, 0.2) is 243 Å². The molecule has 2 aliphatic rings. The van der Waals surface area contributed by atoms with Gasteiger partial charge in [0.15, 0.2) is 0 Å². The minimum absolute atomic E-state index is 0.575. The van der Waals surface area contributed by atoms with Crippen molar-refractivity contribution in [1.29, 1.82) is 0 Å². The van der Waals surface area contributed by atoms with Crippen LogP contribution in [0.1, 0.15) is 22.3 Å². The molecular weight excluding hydrogens is 737 g/mol. The lowest BCUT2D eigenvalue weighted by atomic mass is 9.64. The van der Waals surface area contributed by atoms with Gasteiger partial charge in [0, 0.05) is 22.6 Å². The second-order valence-electron chi connectivity index (χ2n) is 16.0. The number of para-hydroxylation sites is 4. The maximum absolute atomic E-state index is 2.50. The number of hydrogen-bond donors (Lipinski definition) is 0. The Morgan fingerprint density at radius 3 is 1.56 bits per heavy atom. The normalized spacial score (nSPS) is 13.0. The van der Waals surface area contributed by atoms with Crippen molar-refractivity contribution in [2.75, 3.05) is 9.80 Å². The van der Waals surface area contributed by atoms with Gasteiger partial charge < -0.3 is 9.80 Å². The van der Waals surface area contributed by atoms with E-state index in [4.69, 9.17) is 0 Å². The fourth-order valence-corrected chi connectivity index (χ4v) is 10.3. The molecule has 2 heteroatoms. The average molecular weight is 777 g/mol. The highest BCUT2D eigenvalue weighted by Crippen LogP contribution is 2.64. The van der Waals surface area contributed by atoms with E-state index in [1.54, 1.807) is 0 Å². The summed E-state index contributed by atoms with van der Waals surface area (Å²) in [5.41, 5.74) is 18.7. The van der Waals surface area contributed by atoms with Crippen LogP contribution in [-0.2, 0) is 5.41 Å². The Balaban J connectivity index is 1.14. The van der Waals surface area contributed by atoms with Gasteiger partial charge in [0.2, 0.25) is 0 Å². The van der Waals surface area contributed by atoms with Crippen LogP contribution in [0.25, 0.3) is 44.2 Å². The van der Waals surface area contributed by atoms with Crippen LogP contribution in [0.2, 0.25) is 0 Å². The summed E-state index contributed by atoms with van der Waals surface area (Å²) >= 11 is 0. The van der Waals surface area contributed by atoms with Crippen molar-refractivity contribution < 1.29 is 0 Å². The first kappa shape index (κ1) is 35.0. The van der Waals surface area contributed by atoms with Gasteiger partial charge in [-0.1, -0.05) is 188 Å². The summed E-state index contributed by atoms with van der Waals surface area (Å²) in [7, 11) is 0. The first-order valence-corrected chi connectivity index (χ1v) is 21.1. The first-order valence-electron chi connectivity index (χ1n) is 21.1. The molecule has 2 nitrogen and oxygen atoms in total. The van der Waals surface area contributed by atoms with E-state index in [9.17, 15) is 0 Å². The largest absolute Gasteiger partial charge is 0.310 e. The van der Waals surface area contributed by atoms with Crippen LogP contribution < -0.4 is 9.80 Å². The molecule has 1 aliphatic heterocycles. The highest BCUT2D eigenvalue weighted by molar-refractivity contribution is 5.99. The second kappa shape index (κ2) is 14.1. The monoisotopic (exact) mass is 776 g/mol. The number of hydrogen-bond acceptors (Lipinski definition) is 2. The average Bonchev–Trinajstić information content (AvgIpc) is 3.62. The number of fused-ring (bicyclic) bond motifs is 10. The zero-order valence-corrected chi connectivity index (χ0v) is 33.5. The summed E-state index contributed by atoms with van der Waals surface area (Å²) in [6.07, 6.45) is 0. The van der Waals surface area contributed by atoms with Crippen molar-refractivity contribution in [2.24, 2.45) is 0 Å². The summed E-state index contributed by atoms with van der Waals surface area (Å²) in [6, 6.07) is 89.2. The number of nitrogens with zero attached hydrogens (tertiary/aromatic N) is 2. The van der Waals surface area contributed by atoms with E-state index in [1.165, 1.54) is 77.8 Å². The van der Waals surface area contributed by atoms with E-state index in [2.05, 4.69) is 252 Å². The van der Waals surface area contributed by atoms with Crippen molar-refractivity contribution in [3.05, 3.63) is 265 Å². The number of rotatable bonds is 6. The lowest BCUT2D eigenvalue weighted by molar-refractivity contribution is 0.752. The molecule has 1 aliphatic carbocycles. The minimum atomic E-state index is -0.575. The Kier molecular flexibility index (Phi) is 8.11. The first-order chi connectivity index (χ1) is 30.3. The highest BCUT2D eigenvalue weighted by Gasteiger charge is 2.51. The molecule has 0 aromatic heterocycles. The van der Waals surface area contributed by atoms with Crippen molar-refractivity contribution in [2.45, 2.75) is 5.41 Å². The minimum Gasteiger partial charge on any atom is -0.310 e. The van der Waals surface area contributed by atoms with E-state index < -0.39 is 5.41 Å². The summed E-state index contributed by atoms with van der Waals surface area (Å²) in [5.74, 6) is 0. The maximum Gasteiger partial charge on any atom is 0.0755 e. The fraction of sp³-hybridized carbons (Fsp3) is 0.0169. The third kappa shape index (κ3) is 5.36. The number of benzene rings is 10. The summed E-state index contributed by atoms with van der Waals surface area (Å²) in [6.45, 7) is 0. The summed E-state index contributed by atoms with van der Waals surface area (Å²) in [5, 5.41) is 2.42. The molecule has 0 amide bonds. The van der Waals surface area contributed by atoms with Gasteiger partial charge in [0.05, 0.1) is 22.5 Å². The van der Waals surface area contributed by atoms with Gasteiger partial charge in [-0.2, -0.15) is 0 Å². The zero-order chi connectivity index (χ0) is 40.3. The molecule has 0 radical (unpaired) electrons. The summed E-state index contributed by atoms with van der Waals surface area (Å²) < 4.78 is 0. The van der Waals surface area contributed by atoms with Gasteiger partial charge in [-0.15, -0.1) is 0 Å². The second-order valence-corrected chi connectivity index (χ2v) is 16.0. The van der Waals surface area contributed by atoms with Gasteiger partial charge in [-0.3, -0.25) is 0 Å². The molecule has 1 spiro atoms. The van der Waals surface area contributed by atoms with Crippen LogP contribution in [0.4, 0.5) is 34.1 Å². The van der Waals surface area contributed by atoms with Gasteiger partial charge in [-0.05, 0) is 115 Å². The molecule has 10 aromatic carbocycles. The highest BCUT2D eigenvalue weighted by atomic mass is 15.2. The molecule has 286 valence electrons. The molecule has 10 aromatic rings. The van der Waals surface area contributed by atoms with E-state index in [0.717, 1.165) is 22.7 Å². The predicted molar refractivity (Wildman–Crippen MR) is 255 cm³/mol. The van der Waals surface area contributed by atoms with Crippen molar-refractivity contribution in [3.63, 3.8) is 0 Å². The van der Waals surface area contributed by atoms with E-state index in [0.29, 0.717) is 0 Å². The standard InChI is InChI=1S/C59H40N2/c1-3-20-42(21-4-1)47-25-9-10-26-48(47)51-28-12-16-32-56(51)60(45-36-35-41-19-7-8-22-43(41)39-45)46-37-38-50-49-27-11-13-29-52(49)59(55(50)40-46)53-30-14-17-33-57(53)61(44-23-5-2-6-24-44)58-34-18-15-31-54(58)59/h1-40H. The van der Waals surface area contributed by atoms with E-state index in [1.807, 2.05) is 0 Å². The lowest BCUT2D eigenvalue weighted by Gasteiger charge is -2.45. The molecule has 0 unspecified atom stereocenters. The van der Waals surface area contributed by atoms with E-state index >= 15 is 0 Å². The molecule has 61 heavy (non-hydrogen) atoms. The Bertz CT molecular complexity index is 3230. The molecular formula is C59H40N2. The third-order valence-electron chi connectivity index (χ3n) is 12.8. The lowest BCUT2D eigenvalue weighted by Crippen LogP contribution is -2.36. The van der Waals surface area contributed by atoms with Crippen LogP contribution in [0, 0.1) is 0 Å². The zero-order valence-electron chi connectivity index (χ0n) is 33.5. The van der Waals surface area contributed by atoms with Crippen LogP contribution in [0.3, 0.4) is 0 Å². The Morgan fingerprint density at radius 2 is 0.820 bits per heavy atom. The quantitative estimate of drug-likeness (QED) is 0.166. The van der Waals surface area contributed by atoms with Crippen molar-refractivity contribution in [1.82, 2.24) is 0 Å². The molecule has 0 saturated heterocycles. The number of anilines is 6. The van der Waals surface area contributed by atoms with Gasteiger partial charge in [0.25, 0.3) is 0 Å². The van der Waals surface area contributed by atoms with Crippen LogP contribution >= 0.6 is 0 Å². The van der Waals surface area contributed by atoms with Crippen LogP contribution in [0.5, 0.6) is 0 Å². The van der Waals surface area contributed by atoms with Crippen LogP contribution in [-0.4, -0.2) is 0 Å². The van der Waals surface area contributed by atoms with E-state index in [-0.39, 0.29) is 0 Å². The molecule has 0 saturated carbocycles. The molecule has 1 heterocycles. The third-order valence-corrected chi connectivity index (χ3v) is 12.8. The smallest absolute Gasteiger partial charge is 0.0755 e. The topological polar surface area (TPSA) is 6.48 Å². The van der Waals surface area contributed by atoms with Gasteiger partial charge in [0.1, 0.15) is 0 Å². The summed E-state index contributed by atoms with van der Waals surface area (Å²) in [4.78, 5) is 4.93. The maximum atomic E-state index is 2.50. The molecule has 0 fully saturated rings.